The smallest absolute Gasteiger partial charge is 0.338 e. The van der Waals surface area contributed by atoms with Crippen molar-refractivity contribution in [2.75, 3.05) is 6.61 Å². The lowest BCUT2D eigenvalue weighted by Crippen LogP contribution is -2.17. The summed E-state index contributed by atoms with van der Waals surface area (Å²) >= 11 is 0. The molecule has 0 unspecified atom stereocenters. The summed E-state index contributed by atoms with van der Waals surface area (Å²) in [6.07, 6.45) is 8.78. The molecule has 0 fully saturated rings. The van der Waals surface area contributed by atoms with E-state index in [2.05, 4.69) is 18.9 Å². The Balaban J connectivity index is 1.92. The Hall–Kier alpha value is -3.15. The zero-order chi connectivity index (χ0) is 20.1. The summed E-state index contributed by atoms with van der Waals surface area (Å²) in [4.78, 5) is 25.5. The topological polar surface area (TPSA) is 66.1 Å². The Morgan fingerprint density at radius 3 is 2.64 bits per heavy atom. The van der Waals surface area contributed by atoms with Crippen molar-refractivity contribution in [3.63, 3.8) is 0 Å². The van der Waals surface area contributed by atoms with Gasteiger partial charge in [0.05, 0.1) is 12.2 Å². The van der Waals surface area contributed by atoms with E-state index in [9.17, 15) is 9.59 Å². The Morgan fingerprint density at radius 2 is 1.96 bits per heavy atom. The first-order chi connectivity index (χ1) is 13.5. The van der Waals surface area contributed by atoms with E-state index >= 15 is 0 Å². The highest BCUT2D eigenvalue weighted by Gasteiger charge is 2.15. The molecule has 0 N–H and O–H groups in total. The molecule has 2 aromatic heterocycles. The van der Waals surface area contributed by atoms with E-state index in [4.69, 9.17) is 4.74 Å². The number of nitrogens with zero attached hydrogens (tertiary/aromatic N) is 3. The lowest BCUT2D eigenvalue weighted by atomic mass is 10.0. The van der Waals surface area contributed by atoms with Crippen LogP contribution in [0.15, 0.2) is 59.9 Å². The summed E-state index contributed by atoms with van der Waals surface area (Å²) in [5.74, 6) is -0.000941. The van der Waals surface area contributed by atoms with Crippen LogP contribution >= 0.6 is 0 Å². The molecule has 0 atom stereocenters. The predicted molar refractivity (Wildman–Crippen MR) is 109 cm³/mol. The van der Waals surface area contributed by atoms with Crippen LogP contribution in [-0.4, -0.2) is 26.9 Å². The number of ether oxygens (including phenoxy) is 1. The molecule has 6 nitrogen and oxygen atoms in total. The second kappa shape index (κ2) is 8.69. The summed E-state index contributed by atoms with van der Waals surface area (Å²) in [5.41, 5.74) is 1.92. The van der Waals surface area contributed by atoms with Crippen molar-refractivity contribution in [3.8, 4) is 16.8 Å². The van der Waals surface area contributed by atoms with Crippen molar-refractivity contribution in [1.29, 1.82) is 0 Å². The number of esters is 1. The summed E-state index contributed by atoms with van der Waals surface area (Å²) < 4.78 is 8.82. The summed E-state index contributed by atoms with van der Waals surface area (Å²) in [7, 11) is 1.85. The molecule has 0 bridgehead atoms. The Bertz CT molecular complexity index is 1000. The molecule has 6 heteroatoms. The fourth-order valence-corrected chi connectivity index (χ4v) is 3.08. The predicted octanol–water partition coefficient (Wildman–Crippen LogP) is 3.83. The molecule has 0 amide bonds. The third kappa shape index (κ3) is 4.22. The first-order valence-electron chi connectivity index (χ1n) is 9.51. The largest absolute Gasteiger partial charge is 0.462 e. The fraction of sp³-hybridized carbons (Fsp3) is 0.318. The van der Waals surface area contributed by atoms with Crippen LogP contribution in [0.5, 0.6) is 0 Å². The summed E-state index contributed by atoms with van der Waals surface area (Å²) in [6.45, 7) is 4.59. The molecule has 0 aliphatic heterocycles. The van der Waals surface area contributed by atoms with Gasteiger partial charge in [0.1, 0.15) is 5.69 Å². The lowest BCUT2D eigenvalue weighted by molar-refractivity contribution is 0.0433. The monoisotopic (exact) mass is 379 g/mol. The van der Waals surface area contributed by atoms with Crippen molar-refractivity contribution in [1.82, 2.24) is 14.3 Å². The average Bonchev–Trinajstić information content (AvgIpc) is 3.24. The second-order valence-electron chi connectivity index (χ2n) is 6.86. The first-order valence-corrected chi connectivity index (χ1v) is 9.51. The van der Waals surface area contributed by atoms with Crippen molar-refractivity contribution >= 4 is 5.97 Å². The molecule has 3 rings (SSSR count). The van der Waals surface area contributed by atoms with E-state index in [-0.39, 0.29) is 11.4 Å². The van der Waals surface area contributed by atoms with E-state index in [1.807, 2.05) is 17.7 Å². The number of hydrogen-bond acceptors (Lipinski definition) is 4. The summed E-state index contributed by atoms with van der Waals surface area (Å²) in [6, 6.07) is 8.77. The molecular weight excluding hydrogens is 354 g/mol. The third-order valence-corrected chi connectivity index (χ3v) is 4.90. The van der Waals surface area contributed by atoms with Gasteiger partial charge in [-0.2, -0.15) is 5.10 Å². The molecular formula is C22H25N3O3. The molecule has 3 aromatic rings. The molecule has 1 aromatic carbocycles. The van der Waals surface area contributed by atoms with Crippen LogP contribution in [0.1, 0.15) is 37.0 Å². The second-order valence-corrected chi connectivity index (χ2v) is 6.86. The van der Waals surface area contributed by atoms with Gasteiger partial charge in [0, 0.05) is 37.4 Å². The molecule has 0 aliphatic rings. The number of aryl methyl sites for hydroxylation is 1. The van der Waals surface area contributed by atoms with E-state index in [1.54, 1.807) is 53.7 Å². The first kappa shape index (κ1) is 19.6. The minimum Gasteiger partial charge on any atom is -0.462 e. The highest BCUT2D eigenvalue weighted by molar-refractivity contribution is 5.91. The van der Waals surface area contributed by atoms with Gasteiger partial charge in [0.2, 0.25) is 5.43 Å². The molecule has 0 aliphatic carbocycles. The van der Waals surface area contributed by atoms with Crippen LogP contribution in [0.25, 0.3) is 16.8 Å². The highest BCUT2D eigenvalue weighted by Crippen LogP contribution is 2.19. The van der Waals surface area contributed by atoms with E-state index in [0.29, 0.717) is 34.9 Å². The standard InChI is InChI=1S/C22H25N3O3/c1-4-16(5-2)15-28-22(27)18-9-6-8-17(12-18)19-13-24(3)14-20(21(19)26)25-11-7-10-23-25/h6-14,16H,4-5,15H2,1-3H3. The van der Waals surface area contributed by atoms with Crippen molar-refractivity contribution in [3.05, 3.63) is 70.9 Å². The molecule has 0 saturated carbocycles. The van der Waals surface area contributed by atoms with Crippen LogP contribution in [0.4, 0.5) is 0 Å². The zero-order valence-electron chi connectivity index (χ0n) is 16.5. The Labute approximate surface area is 164 Å². The molecule has 0 spiro atoms. The molecule has 146 valence electrons. The number of hydrogen-bond donors (Lipinski definition) is 0. The number of aromatic nitrogens is 3. The maximum absolute atomic E-state index is 13.0. The number of benzene rings is 1. The van der Waals surface area contributed by atoms with Gasteiger partial charge in [-0.3, -0.25) is 4.79 Å². The maximum Gasteiger partial charge on any atom is 0.338 e. The Kier molecular flexibility index (Phi) is 6.09. The summed E-state index contributed by atoms with van der Waals surface area (Å²) in [5, 5.41) is 4.16. The molecule has 28 heavy (non-hydrogen) atoms. The van der Waals surface area contributed by atoms with Gasteiger partial charge in [-0.25, -0.2) is 9.48 Å². The Morgan fingerprint density at radius 1 is 1.18 bits per heavy atom. The average molecular weight is 379 g/mol. The molecule has 0 saturated heterocycles. The van der Waals surface area contributed by atoms with E-state index < -0.39 is 0 Å². The number of carbonyl (C=O) groups is 1. The molecule has 0 radical (unpaired) electrons. The van der Waals surface area contributed by atoms with Crippen LogP contribution < -0.4 is 5.43 Å². The third-order valence-electron chi connectivity index (χ3n) is 4.90. The normalized spacial score (nSPS) is 11.0. The maximum atomic E-state index is 13.0. The SMILES string of the molecule is CCC(CC)COC(=O)c1cccc(-c2cn(C)cc(-n3cccn3)c2=O)c1. The van der Waals surface area contributed by atoms with E-state index in [0.717, 1.165) is 12.8 Å². The quantitative estimate of drug-likeness (QED) is 0.585. The van der Waals surface area contributed by atoms with E-state index in [1.165, 1.54) is 0 Å². The van der Waals surface area contributed by atoms with Crippen LogP contribution in [0.2, 0.25) is 0 Å². The van der Waals surface area contributed by atoms with Crippen LogP contribution in [-0.2, 0) is 11.8 Å². The van der Waals surface area contributed by atoms with Gasteiger partial charge < -0.3 is 9.30 Å². The van der Waals surface area contributed by atoms with Crippen LogP contribution in [0.3, 0.4) is 0 Å². The number of pyridine rings is 1. The van der Waals surface area contributed by atoms with Gasteiger partial charge in [0.25, 0.3) is 0 Å². The van der Waals surface area contributed by atoms with Crippen molar-refractivity contribution < 1.29 is 9.53 Å². The van der Waals surface area contributed by atoms with Gasteiger partial charge >= 0.3 is 5.97 Å². The van der Waals surface area contributed by atoms with Gasteiger partial charge in [-0.1, -0.05) is 38.8 Å². The fourth-order valence-electron chi connectivity index (χ4n) is 3.08. The minimum absolute atomic E-state index is 0.149. The number of rotatable bonds is 7. The highest BCUT2D eigenvalue weighted by atomic mass is 16.5. The molecule has 2 heterocycles. The minimum atomic E-state index is -0.367. The number of carbonyl (C=O) groups excluding carboxylic acids is 1. The van der Waals surface area contributed by atoms with Gasteiger partial charge in [-0.15, -0.1) is 0 Å². The van der Waals surface area contributed by atoms with Crippen molar-refractivity contribution in [2.24, 2.45) is 13.0 Å². The lowest BCUT2D eigenvalue weighted by Gasteiger charge is -2.13. The van der Waals surface area contributed by atoms with Crippen LogP contribution in [0, 0.1) is 5.92 Å². The van der Waals surface area contributed by atoms with Gasteiger partial charge in [-0.05, 0) is 29.7 Å². The van der Waals surface area contributed by atoms with Crippen molar-refractivity contribution in [2.45, 2.75) is 26.7 Å². The van der Waals surface area contributed by atoms with Gasteiger partial charge in [0.15, 0.2) is 0 Å². The zero-order valence-corrected chi connectivity index (χ0v) is 16.5.